The Morgan fingerprint density at radius 3 is 2.66 bits per heavy atom. The molecule has 0 aromatic carbocycles. The van der Waals surface area contributed by atoms with E-state index in [0.29, 0.717) is 36.0 Å². The molecule has 3 aliphatic carbocycles. The van der Waals surface area contributed by atoms with Crippen molar-refractivity contribution in [3.8, 4) is 0 Å². The third-order valence-electron chi connectivity index (χ3n) is 10.9. The molecule has 3 N–H and O–H groups in total. The highest BCUT2D eigenvalue weighted by Gasteiger charge is 2.50. The summed E-state index contributed by atoms with van der Waals surface area (Å²) in [6.45, 7) is 16.0. The van der Waals surface area contributed by atoms with Crippen molar-refractivity contribution in [3.63, 3.8) is 0 Å². The summed E-state index contributed by atoms with van der Waals surface area (Å²) in [4.78, 5) is 4.08. The number of aliphatic hydroxyl groups is 3. The van der Waals surface area contributed by atoms with Crippen molar-refractivity contribution in [2.75, 3.05) is 0 Å². The number of rotatable bonds is 9. The van der Waals surface area contributed by atoms with Crippen LogP contribution in [0.4, 0.5) is 0 Å². The molecule has 38 heavy (non-hydrogen) atoms. The molecule has 0 amide bonds. The van der Waals surface area contributed by atoms with Gasteiger partial charge in [0.25, 0.3) is 0 Å². The van der Waals surface area contributed by atoms with Gasteiger partial charge in [-0.05, 0) is 105 Å². The van der Waals surface area contributed by atoms with Crippen LogP contribution in [0.15, 0.2) is 54.2 Å². The van der Waals surface area contributed by atoms with Crippen LogP contribution in [-0.2, 0) is 6.54 Å². The zero-order valence-corrected chi connectivity index (χ0v) is 24.4. The van der Waals surface area contributed by atoms with Crippen LogP contribution < -0.4 is 0 Å². The summed E-state index contributed by atoms with van der Waals surface area (Å²) >= 11 is 0. The van der Waals surface area contributed by atoms with E-state index in [1.165, 1.54) is 32.1 Å². The van der Waals surface area contributed by atoms with Crippen LogP contribution >= 0.6 is 0 Å². The maximum absolute atomic E-state index is 11.0. The van der Waals surface area contributed by atoms with Crippen LogP contribution in [0, 0.1) is 35.0 Å². The van der Waals surface area contributed by atoms with E-state index < -0.39 is 17.8 Å². The van der Waals surface area contributed by atoms with E-state index in [1.54, 1.807) is 18.1 Å². The first kappa shape index (κ1) is 29.3. The smallest absolute Gasteiger partial charge is 0.0945 e. The Balaban J connectivity index is 1.41. The largest absolute Gasteiger partial charge is 0.392 e. The fraction of sp³-hybridized carbons (Fsp3) is 0.727. The second-order valence-corrected chi connectivity index (χ2v) is 13.6. The number of allylic oxidation sites excluding steroid dienone is 3. The van der Waals surface area contributed by atoms with Gasteiger partial charge in [0, 0.05) is 24.9 Å². The number of hydrogen-bond donors (Lipinski definition) is 3. The lowest BCUT2D eigenvalue weighted by atomic mass is 9.60. The molecule has 0 spiro atoms. The molecule has 1 aromatic heterocycles. The van der Waals surface area contributed by atoms with Crippen molar-refractivity contribution in [2.45, 2.75) is 117 Å². The average molecular weight is 525 g/mol. The number of imidazole rings is 1. The zero-order chi connectivity index (χ0) is 27.7. The summed E-state index contributed by atoms with van der Waals surface area (Å²) in [6.07, 6.45) is 18.3. The minimum absolute atomic E-state index is 0.205. The van der Waals surface area contributed by atoms with Crippen LogP contribution in [0.5, 0.6) is 0 Å². The Morgan fingerprint density at radius 2 is 1.97 bits per heavy atom. The van der Waals surface area contributed by atoms with Gasteiger partial charge < -0.3 is 19.9 Å². The van der Waals surface area contributed by atoms with E-state index in [9.17, 15) is 15.3 Å². The van der Waals surface area contributed by atoms with E-state index in [4.69, 9.17) is 0 Å². The van der Waals surface area contributed by atoms with Gasteiger partial charge in [-0.1, -0.05) is 51.5 Å². The molecule has 4 rings (SSSR count). The van der Waals surface area contributed by atoms with E-state index in [0.717, 1.165) is 36.5 Å². The summed E-state index contributed by atoms with van der Waals surface area (Å²) in [5.41, 5.74) is 3.03. The molecule has 3 aliphatic rings. The van der Waals surface area contributed by atoms with Crippen LogP contribution in [-0.4, -0.2) is 42.7 Å². The Kier molecular flexibility index (Phi) is 9.11. The van der Waals surface area contributed by atoms with E-state index in [1.807, 2.05) is 24.6 Å². The number of fused-ring (bicyclic) bond motifs is 1. The Hall–Kier alpha value is -1.69. The van der Waals surface area contributed by atoms with Crippen molar-refractivity contribution < 1.29 is 15.3 Å². The SMILES string of the molecule is C=C1/C(=C\C=C2\CCC[C@]3(C)[C@@H]([C@H](C)CC[C@H](C)C(C)(C)O)CC[C@@H]23)C[C@@H](O)[C@H](CCn2ccnc2)[C@@H]1O. The van der Waals surface area contributed by atoms with Crippen molar-refractivity contribution in [1.29, 1.82) is 0 Å². The second-order valence-electron chi connectivity index (χ2n) is 13.6. The summed E-state index contributed by atoms with van der Waals surface area (Å²) in [5, 5.41) is 32.3. The van der Waals surface area contributed by atoms with Crippen molar-refractivity contribution in [1.82, 2.24) is 9.55 Å². The maximum Gasteiger partial charge on any atom is 0.0945 e. The molecular formula is C33H52N2O3. The number of aliphatic hydroxyl groups excluding tert-OH is 2. The third-order valence-corrected chi connectivity index (χ3v) is 10.9. The number of aryl methyl sites for hydroxylation is 1. The topological polar surface area (TPSA) is 78.5 Å². The predicted molar refractivity (Wildman–Crippen MR) is 154 cm³/mol. The molecule has 0 radical (unpaired) electrons. The first-order valence-electron chi connectivity index (χ1n) is 15.0. The molecule has 1 aromatic rings. The van der Waals surface area contributed by atoms with Crippen LogP contribution in [0.2, 0.25) is 0 Å². The predicted octanol–water partition coefficient (Wildman–Crippen LogP) is 6.46. The molecule has 8 atom stereocenters. The van der Waals surface area contributed by atoms with Gasteiger partial charge in [-0.3, -0.25) is 0 Å². The van der Waals surface area contributed by atoms with Gasteiger partial charge in [0.05, 0.1) is 24.1 Å². The molecule has 0 saturated heterocycles. The fourth-order valence-electron chi connectivity index (χ4n) is 7.90. The van der Waals surface area contributed by atoms with Gasteiger partial charge >= 0.3 is 0 Å². The molecule has 0 bridgehead atoms. The number of aromatic nitrogens is 2. The standard InChI is InChI=1S/C33H52N2O3/c1-22(9-10-23(2)32(4,5)38)28-13-14-29-25(8-7-16-33(28,29)6)11-12-26-20-30(36)27(31(37)24(26)3)15-18-35-19-17-34-21-35/h11-12,17,19,21-23,27-31,36-38H,3,7-10,13-16,18,20H2,1-2,4-6H3/b25-11-,26-12-/t22-,23+,27+,28-,29+,30-,31-,33-/m1/s1. The van der Waals surface area contributed by atoms with Gasteiger partial charge in [-0.15, -0.1) is 0 Å². The lowest BCUT2D eigenvalue weighted by Crippen LogP contribution is -2.39. The Morgan fingerprint density at radius 1 is 1.21 bits per heavy atom. The van der Waals surface area contributed by atoms with Crippen molar-refractivity contribution in [3.05, 3.63) is 54.2 Å². The van der Waals surface area contributed by atoms with Gasteiger partial charge in [0.2, 0.25) is 0 Å². The monoisotopic (exact) mass is 524 g/mol. The molecule has 0 unspecified atom stereocenters. The Bertz CT molecular complexity index is 1000. The van der Waals surface area contributed by atoms with Gasteiger partial charge in [-0.25, -0.2) is 4.98 Å². The van der Waals surface area contributed by atoms with Crippen LogP contribution in [0.1, 0.15) is 92.4 Å². The summed E-state index contributed by atoms with van der Waals surface area (Å²) in [6, 6.07) is 0. The average Bonchev–Trinajstić information content (AvgIpc) is 3.50. The molecule has 5 heteroatoms. The van der Waals surface area contributed by atoms with Crippen LogP contribution in [0.25, 0.3) is 0 Å². The van der Waals surface area contributed by atoms with Crippen molar-refractivity contribution >= 4 is 0 Å². The van der Waals surface area contributed by atoms with Crippen molar-refractivity contribution in [2.24, 2.45) is 35.0 Å². The quantitative estimate of drug-likeness (QED) is 0.346. The Labute approximate surface area is 230 Å². The maximum atomic E-state index is 11.0. The third kappa shape index (κ3) is 6.21. The van der Waals surface area contributed by atoms with Gasteiger partial charge in [0.1, 0.15) is 0 Å². The normalized spacial score (nSPS) is 36.0. The fourth-order valence-corrected chi connectivity index (χ4v) is 7.90. The first-order chi connectivity index (χ1) is 17.9. The van der Waals surface area contributed by atoms with E-state index in [-0.39, 0.29) is 5.92 Å². The van der Waals surface area contributed by atoms with Gasteiger partial charge in [0.15, 0.2) is 0 Å². The molecule has 5 nitrogen and oxygen atoms in total. The number of nitrogens with zero attached hydrogens (tertiary/aromatic N) is 2. The summed E-state index contributed by atoms with van der Waals surface area (Å²) < 4.78 is 1.99. The van der Waals surface area contributed by atoms with Gasteiger partial charge in [-0.2, -0.15) is 0 Å². The lowest BCUT2D eigenvalue weighted by Gasteiger charge is -2.44. The molecule has 3 saturated carbocycles. The highest BCUT2D eigenvalue weighted by molar-refractivity contribution is 5.39. The molecule has 0 aliphatic heterocycles. The summed E-state index contributed by atoms with van der Waals surface area (Å²) in [5.74, 6) is 2.10. The van der Waals surface area contributed by atoms with E-state index >= 15 is 0 Å². The highest BCUT2D eigenvalue weighted by atomic mass is 16.3. The second kappa shape index (κ2) is 11.8. The molecule has 212 valence electrons. The molecule has 3 fully saturated rings. The minimum atomic E-state index is -0.716. The summed E-state index contributed by atoms with van der Waals surface area (Å²) in [7, 11) is 0. The molecular weight excluding hydrogens is 472 g/mol. The molecule has 1 heterocycles. The highest BCUT2D eigenvalue weighted by Crippen LogP contribution is 2.60. The van der Waals surface area contributed by atoms with E-state index in [2.05, 4.69) is 44.5 Å². The zero-order valence-electron chi connectivity index (χ0n) is 24.4. The minimum Gasteiger partial charge on any atom is -0.392 e. The lowest BCUT2D eigenvalue weighted by molar-refractivity contribution is 0.0120. The number of hydrogen-bond acceptors (Lipinski definition) is 4. The first-order valence-corrected chi connectivity index (χ1v) is 15.0. The van der Waals surface area contributed by atoms with Crippen LogP contribution in [0.3, 0.4) is 0 Å².